The van der Waals surface area contributed by atoms with Crippen LogP contribution in [0.1, 0.15) is 18.4 Å². The standard InChI is InChI=1S/C12H13FN2O3/c1-7-3-2-4-8(13)9(7)14-11(18)15-12(5-6-12)10(16)17/h2-4H,5-6H2,1H3,(H,16,17)(H2,14,15,18). The fourth-order valence-electron chi connectivity index (χ4n) is 1.67. The van der Waals surface area contributed by atoms with Gasteiger partial charge in [-0.15, -0.1) is 0 Å². The fraction of sp³-hybridized carbons (Fsp3) is 0.333. The molecule has 0 unspecified atom stereocenters. The summed E-state index contributed by atoms with van der Waals surface area (Å²) in [5.41, 5.74) is -0.537. The smallest absolute Gasteiger partial charge is 0.329 e. The molecule has 1 aromatic carbocycles. The van der Waals surface area contributed by atoms with E-state index in [1.807, 2.05) is 0 Å². The summed E-state index contributed by atoms with van der Waals surface area (Å²) in [6.07, 6.45) is 0.790. The molecular weight excluding hydrogens is 239 g/mol. The molecule has 1 saturated carbocycles. The van der Waals surface area contributed by atoms with E-state index in [-0.39, 0.29) is 5.69 Å². The highest BCUT2D eigenvalue weighted by Crippen LogP contribution is 2.35. The molecule has 0 saturated heterocycles. The van der Waals surface area contributed by atoms with Crippen LogP contribution in [0, 0.1) is 12.7 Å². The van der Waals surface area contributed by atoms with Gasteiger partial charge in [0.15, 0.2) is 0 Å². The number of hydrogen-bond donors (Lipinski definition) is 3. The van der Waals surface area contributed by atoms with Crippen molar-refractivity contribution in [3.8, 4) is 0 Å². The number of nitrogens with one attached hydrogen (secondary N) is 2. The van der Waals surface area contributed by atoms with Crippen LogP contribution >= 0.6 is 0 Å². The monoisotopic (exact) mass is 252 g/mol. The molecule has 1 fully saturated rings. The van der Waals surface area contributed by atoms with Gasteiger partial charge in [0.05, 0.1) is 5.69 Å². The maximum Gasteiger partial charge on any atom is 0.329 e. The molecule has 2 rings (SSSR count). The summed E-state index contributed by atoms with van der Waals surface area (Å²) < 4.78 is 13.5. The highest BCUT2D eigenvalue weighted by Gasteiger charge is 2.51. The first-order chi connectivity index (χ1) is 8.44. The highest BCUT2D eigenvalue weighted by molar-refractivity contribution is 5.95. The Morgan fingerprint density at radius 3 is 2.56 bits per heavy atom. The van der Waals surface area contributed by atoms with Gasteiger partial charge in [0, 0.05) is 0 Å². The molecule has 18 heavy (non-hydrogen) atoms. The van der Waals surface area contributed by atoms with E-state index in [0.29, 0.717) is 18.4 Å². The molecule has 2 amide bonds. The van der Waals surface area contributed by atoms with Crippen molar-refractivity contribution in [3.05, 3.63) is 29.6 Å². The van der Waals surface area contributed by atoms with Crippen LogP contribution in [-0.4, -0.2) is 22.6 Å². The molecule has 3 N–H and O–H groups in total. The summed E-state index contributed by atoms with van der Waals surface area (Å²) in [7, 11) is 0. The van der Waals surface area contributed by atoms with Gasteiger partial charge >= 0.3 is 12.0 Å². The number of urea groups is 1. The van der Waals surface area contributed by atoms with E-state index >= 15 is 0 Å². The number of carbonyl (C=O) groups excluding carboxylic acids is 1. The van der Waals surface area contributed by atoms with Crippen LogP contribution in [0.15, 0.2) is 18.2 Å². The first-order valence-electron chi connectivity index (χ1n) is 5.52. The summed E-state index contributed by atoms with van der Waals surface area (Å²) in [5, 5.41) is 13.6. The molecule has 0 bridgehead atoms. The summed E-state index contributed by atoms with van der Waals surface area (Å²) in [6.45, 7) is 1.66. The number of benzene rings is 1. The van der Waals surface area contributed by atoms with Crippen molar-refractivity contribution < 1.29 is 19.1 Å². The van der Waals surface area contributed by atoms with Gasteiger partial charge in [-0.3, -0.25) is 0 Å². The van der Waals surface area contributed by atoms with E-state index in [1.165, 1.54) is 12.1 Å². The fourth-order valence-corrected chi connectivity index (χ4v) is 1.67. The zero-order chi connectivity index (χ0) is 13.3. The maximum absolute atomic E-state index is 13.5. The van der Waals surface area contributed by atoms with Crippen LogP contribution in [-0.2, 0) is 4.79 Å². The number of hydrogen-bond acceptors (Lipinski definition) is 2. The van der Waals surface area contributed by atoms with Crippen molar-refractivity contribution in [2.75, 3.05) is 5.32 Å². The molecular formula is C12H13FN2O3. The van der Waals surface area contributed by atoms with E-state index in [2.05, 4.69) is 10.6 Å². The van der Waals surface area contributed by atoms with Crippen LogP contribution in [0.25, 0.3) is 0 Å². The van der Waals surface area contributed by atoms with Gasteiger partial charge in [-0.2, -0.15) is 0 Å². The predicted molar refractivity (Wildman–Crippen MR) is 62.9 cm³/mol. The number of aryl methyl sites for hydroxylation is 1. The maximum atomic E-state index is 13.5. The molecule has 0 atom stereocenters. The average Bonchev–Trinajstić information content (AvgIpc) is 3.05. The molecule has 0 radical (unpaired) electrons. The molecule has 96 valence electrons. The number of carboxylic acids is 1. The third-order valence-corrected chi connectivity index (χ3v) is 2.97. The SMILES string of the molecule is Cc1cccc(F)c1NC(=O)NC1(C(=O)O)CC1. The number of anilines is 1. The zero-order valence-corrected chi connectivity index (χ0v) is 9.79. The Labute approximate surface area is 103 Å². The number of para-hydroxylation sites is 1. The van der Waals surface area contributed by atoms with E-state index in [0.717, 1.165) is 0 Å². The lowest BCUT2D eigenvalue weighted by atomic mass is 10.2. The Morgan fingerprint density at radius 2 is 2.06 bits per heavy atom. The van der Waals surface area contributed by atoms with E-state index in [9.17, 15) is 14.0 Å². The van der Waals surface area contributed by atoms with Gasteiger partial charge in [-0.05, 0) is 31.4 Å². The van der Waals surface area contributed by atoms with Gasteiger partial charge in [0.1, 0.15) is 11.4 Å². The largest absolute Gasteiger partial charge is 0.480 e. The van der Waals surface area contributed by atoms with Crippen molar-refractivity contribution in [3.63, 3.8) is 0 Å². The molecule has 0 aromatic heterocycles. The second-order valence-electron chi connectivity index (χ2n) is 4.40. The third kappa shape index (κ3) is 2.27. The number of carboxylic acid groups (broad SMARTS) is 1. The van der Waals surface area contributed by atoms with Crippen molar-refractivity contribution in [2.45, 2.75) is 25.3 Å². The second kappa shape index (κ2) is 4.29. The van der Waals surface area contributed by atoms with Gasteiger partial charge in [0.25, 0.3) is 0 Å². The Bertz CT molecular complexity index is 492. The van der Waals surface area contributed by atoms with E-state index < -0.39 is 23.4 Å². The molecule has 0 spiro atoms. The average molecular weight is 252 g/mol. The lowest BCUT2D eigenvalue weighted by Gasteiger charge is -2.14. The van der Waals surface area contributed by atoms with Crippen LogP contribution in [0.5, 0.6) is 0 Å². The van der Waals surface area contributed by atoms with Gasteiger partial charge in [-0.25, -0.2) is 14.0 Å². The topological polar surface area (TPSA) is 78.4 Å². The molecule has 1 aliphatic carbocycles. The first-order valence-corrected chi connectivity index (χ1v) is 5.52. The lowest BCUT2D eigenvalue weighted by Crippen LogP contribution is -2.45. The summed E-state index contributed by atoms with van der Waals surface area (Å²) >= 11 is 0. The quantitative estimate of drug-likeness (QED) is 0.768. The van der Waals surface area contributed by atoms with E-state index in [1.54, 1.807) is 13.0 Å². The number of carbonyl (C=O) groups is 2. The van der Waals surface area contributed by atoms with Crippen molar-refractivity contribution >= 4 is 17.7 Å². The molecule has 5 nitrogen and oxygen atoms in total. The predicted octanol–water partition coefficient (Wildman–Crippen LogP) is 1.87. The van der Waals surface area contributed by atoms with Crippen LogP contribution < -0.4 is 10.6 Å². The highest BCUT2D eigenvalue weighted by atomic mass is 19.1. The Hall–Kier alpha value is -2.11. The van der Waals surface area contributed by atoms with Crippen molar-refractivity contribution in [1.82, 2.24) is 5.32 Å². The number of rotatable bonds is 3. The first kappa shape index (κ1) is 12.3. The normalized spacial score (nSPS) is 15.9. The van der Waals surface area contributed by atoms with Gasteiger partial charge in [-0.1, -0.05) is 12.1 Å². The summed E-state index contributed by atoms with van der Waals surface area (Å²) in [6, 6.07) is 3.71. The number of halogens is 1. The number of aliphatic carboxylic acids is 1. The van der Waals surface area contributed by atoms with Crippen molar-refractivity contribution in [1.29, 1.82) is 0 Å². The van der Waals surface area contributed by atoms with Crippen LogP contribution in [0.4, 0.5) is 14.9 Å². The Balaban J connectivity index is 2.06. The lowest BCUT2D eigenvalue weighted by molar-refractivity contribution is -0.140. The molecule has 6 heteroatoms. The molecule has 1 aromatic rings. The van der Waals surface area contributed by atoms with Crippen molar-refractivity contribution in [2.24, 2.45) is 0 Å². The molecule has 0 aliphatic heterocycles. The van der Waals surface area contributed by atoms with E-state index in [4.69, 9.17) is 5.11 Å². The molecule has 0 heterocycles. The minimum Gasteiger partial charge on any atom is -0.480 e. The summed E-state index contributed by atoms with van der Waals surface area (Å²) in [5.74, 6) is -1.62. The summed E-state index contributed by atoms with van der Waals surface area (Å²) in [4.78, 5) is 22.5. The third-order valence-electron chi connectivity index (χ3n) is 2.97. The van der Waals surface area contributed by atoms with Crippen LogP contribution in [0.2, 0.25) is 0 Å². The second-order valence-corrected chi connectivity index (χ2v) is 4.40. The Kier molecular flexibility index (Phi) is 2.94. The Morgan fingerprint density at radius 1 is 1.39 bits per heavy atom. The number of amides is 2. The minimum absolute atomic E-state index is 0.0659. The van der Waals surface area contributed by atoms with Gasteiger partial charge < -0.3 is 15.7 Å². The van der Waals surface area contributed by atoms with Crippen LogP contribution in [0.3, 0.4) is 0 Å². The minimum atomic E-state index is -1.18. The molecule has 1 aliphatic rings. The van der Waals surface area contributed by atoms with Gasteiger partial charge in [0.2, 0.25) is 0 Å². The zero-order valence-electron chi connectivity index (χ0n) is 9.79.